The maximum absolute atomic E-state index is 7.33. The molecule has 41 valence electrons. The van der Waals surface area contributed by atoms with Gasteiger partial charge in [-0.05, 0) is 0 Å². The average molecular weight is 313 g/mol. The molecule has 0 saturated heterocycles. The monoisotopic (exact) mass is 313 g/mol. The minimum absolute atomic E-state index is 0. The number of hydrogen-bond acceptors (Lipinski definition) is 4. The third kappa shape index (κ3) is 63.2. The molecule has 0 saturated carbocycles. The first-order chi connectivity index (χ1) is 2.00. The smallest absolute Gasteiger partial charge is 0.368 e. The van der Waals surface area contributed by atoms with Crippen molar-refractivity contribution in [3.8, 4) is 0 Å². The molecule has 0 spiro atoms. The minimum Gasteiger partial charge on any atom is -0.368 e. The van der Waals surface area contributed by atoms with Crippen LogP contribution in [0.3, 0.4) is 0 Å². The molecule has 0 fully saturated rings. The van der Waals surface area contributed by atoms with E-state index in [2.05, 4.69) is 0 Å². The van der Waals surface area contributed by atoms with Gasteiger partial charge in [0.05, 0.1) is 0 Å². The molecule has 0 heterocycles. The summed E-state index contributed by atoms with van der Waals surface area (Å²) in [5, 5.41) is 0. The fraction of sp³-hybridized carbons (Fsp3) is 0. The van der Waals surface area contributed by atoms with Crippen LogP contribution in [0.1, 0.15) is 0 Å². The van der Waals surface area contributed by atoms with Gasteiger partial charge in [-0.25, -0.2) is 0 Å². The van der Waals surface area contributed by atoms with Crippen LogP contribution in [0.5, 0.6) is 0 Å². The molecule has 0 amide bonds. The zero-order valence-corrected chi connectivity index (χ0v) is 9.77. The van der Waals surface area contributed by atoms with Gasteiger partial charge in [0.1, 0.15) is 0 Å². The molecule has 0 bridgehead atoms. The van der Waals surface area contributed by atoms with Crippen molar-refractivity contribution < 1.29 is 88.0 Å². The van der Waals surface area contributed by atoms with Gasteiger partial charge in [-0.3, -0.25) is 0 Å². The van der Waals surface area contributed by atoms with Crippen LogP contribution in [0.25, 0.3) is 0 Å². The second-order valence-electron chi connectivity index (χ2n) is 0.600. The first-order valence-corrected chi connectivity index (χ1v) is 2.68. The zero-order chi connectivity index (χ0) is 4.50. The van der Waals surface area contributed by atoms with E-state index in [1.807, 2.05) is 0 Å². The number of hydrogen-bond donors (Lipinski definition) is 4. The van der Waals surface area contributed by atoms with Gasteiger partial charge < -0.3 is 19.2 Å². The molecule has 0 rings (SSSR count). The molecule has 4 N–H and O–H groups in total. The zero-order valence-electron chi connectivity index (χ0n) is 3.37. The summed E-state index contributed by atoms with van der Waals surface area (Å²) in [6.45, 7) is 0. The Bertz CT molecular complexity index is 27.2. The Morgan fingerprint density at radius 2 is 0.857 bits per heavy atom. The van der Waals surface area contributed by atoms with Crippen molar-refractivity contribution in [1.82, 2.24) is 0 Å². The molecule has 0 atom stereocenters. The van der Waals surface area contributed by atoms with Gasteiger partial charge in [-0.2, -0.15) is 0 Å². The summed E-state index contributed by atoms with van der Waals surface area (Å²) in [6, 6.07) is 0. The molecular weight excluding hydrogens is 309 g/mol. The summed E-state index contributed by atoms with van der Waals surface area (Å²) in [4.78, 5) is 29.3. The van der Waals surface area contributed by atoms with Crippen molar-refractivity contribution in [2.75, 3.05) is 0 Å². The summed E-state index contributed by atoms with van der Waals surface area (Å²) < 4.78 is 0. The van der Waals surface area contributed by atoms with Crippen molar-refractivity contribution >= 4 is 9.05 Å². The molecule has 0 aliphatic carbocycles. The molecule has 1 radical (unpaired) electrons. The fourth-order valence-corrected chi connectivity index (χ4v) is 0. The van der Waals surface area contributed by atoms with Crippen LogP contribution >= 0.6 is 0 Å². The van der Waals surface area contributed by atoms with E-state index in [-0.39, 0.29) is 68.9 Å². The summed E-state index contributed by atoms with van der Waals surface area (Å²) in [7, 11) is -4.61. The predicted octanol–water partition coefficient (Wildman–Crippen LogP) is -2.61. The van der Waals surface area contributed by atoms with Gasteiger partial charge in [0.15, 0.2) is 0 Å². The van der Waals surface area contributed by atoms with Gasteiger partial charge in [0.2, 0.25) is 0 Å². The maximum Gasteiger partial charge on any atom is 0.668 e. The second-order valence-corrected chi connectivity index (χ2v) is 1.80. The molecule has 4 nitrogen and oxygen atoms in total. The van der Waals surface area contributed by atoms with Gasteiger partial charge in [-0.1, -0.05) is 0 Å². The average Bonchev–Trinajstić information content (AvgIpc) is 0.722. The molecule has 7 heteroatoms. The number of rotatable bonds is 0. The Morgan fingerprint density at radius 3 is 0.857 bits per heavy atom. The van der Waals surface area contributed by atoms with Gasteiger partial charge >= 0.3 is 9.05 Å². The molecule has 7 heavy (non-hydrogen) atoms. The first-order valence-electron chi connectivity index (χ1n) is 0.894. The second kappa shape index (κ2) is 6.39. The quantitative estimate of drug-likeness (QED) is 0.370. The van der Waals surface area contributed by atoms with Crippen LogP contribution in [0.15, 0.2) is 0 Å². The Kier molecular flexibility index (Phi) is 14.7. The molecule has 0 aliphatic rings. The van der Waals surface area contributed by atoms with Crippen LogP contribution in [0.2, 0.25) is 0 Å². The van der Waals surface area contributed by atoms with E-state index in [9.17, 15) is 0 Å². The van der Waals surface area contributed by atoms with Crippen molar-refractivity contribution in [2.45, 2.75) is 0 Å². The SMILES string of the molecule is O[Si](O)(O)O.[Eu].[Zn]. The molecule has 0 aromatic carbocycles. The van der Waals surface area contributed by atoms with Crippen molar-refractivity contribution in [2.24, 2.45) is 0 Å². The molecular formula is H4EuO4SiZn. The van der Waals surface area contributed by atoms with E-state index in [0.717, 1.165) is 0 Å². The van der Waals surface area contributed by atoms with Crippen molar-refractivity contribution in [3.63, 3.8) is 0 Å². The molecule has 0 unspecified atom stereocenters. The van der Waals surface area contributed by atoms with Gasteiger partial charge in [0, 0.05) is 68.9 Å². The summed E-state index contributed by atoms with van der Waals surface area (Å²) in [5.41, 5.74) is 0. The van der Waals surface area contributed by atoms with E-state index in [1.165, 1.54) is 0 Å². The Morgan fingerprint density at radius 1 is 0.857 bits per heavy atom. The topological polar surface area (TPSA) is 80.9 Å². The first kappa shape index (κ1) is 16.1. The van der Waals surface area contributed by atoms with Crippen LogP contribution in [0.4, 0.5) is 0 Å². The van der Waals surface area contributed by atoms with Crippen LogP contribution in [-0.4, -0.2) is 28.2 Å². The Balaban J connectivity index is -0.0000000800. The van der Waals surface area contributed by atoms with E-state index in [4.69, 9.17) is 19.2 Å². The maximum atomic E-state index is 7.33. The Labute approximate surface area is 95.3 Å². The fourth-order valence-electron chi connectivity index (χ4n) is 0. The summed E-state index contributed by atoms with van der Waals surface area (Å²) in [5.74, 6) is 0. The van der Waals surface area contributed by atoms with E-state index < -0.39 is 9.05 Å². The van der Waals surface area contributed by atoms with Crippen LogP contribution < -0.4 is 0 Å². The summed E-state index contributed by atoms with van der Waals surface area (Å²) in [6.07, 6.45) is 0. The van der Waals surface area contributed by atoms with Crippen LogP contribution in [-0.2, 0) is 19.5 Å². The van der Waals surface area contributed by atoms with Crippen LogP contribution in [0, 0.1) is 49.4 Å². The molecule has 0 aliphatic heterocycles. The van der Waals surface area contributed by atoms with E-state index >= 15 is 0 Å². The molecule has 0 aromatic rings. The standard InChI is InChI=1S/Eu.H4O4Si.Zn/c;1-5(2,3)4;/h;1-4H;. The van der Waals surface area contributed by atoms with E-state index in [0.29, 0.717) is 0 Å². The summed E-state index contributed by atoms with van der Waals surface area (Å²) >= 11 is 0. The normalized spacial score (nSPS) is 8.57. The third-order valence-corrected chi connectivity index (χ3v) is 0. The minimum atomic E-state index is -4.61. The van der Waals surface area contributed by atoms with Crippen molar-refractivity contribution in [1.29, 1.82) is 0 Å². The van der Waals surface area contributed by atoms with Gasteiger partial charge in [0.25, 0.3) is 0 Å². The third-order valence-electron chi connectivity index (χ3n) is 0. The van der Waals surface area contributed by atoms with E-state index in [1.54, 1.807) is 0 Å². The van der Waals surface area contributed by atoms with Crippen molar-refractivity contribution in [3.05, 3.63) is 0 Å². The largest absolute Gasteiger partial charge is 0.668 e. The predicted molar refractivity (Wildman–Crippen MR) is 14.6 cm³/mol. The van der Waals surface area contributed by atoms with Gasteiger partial charge in [-0.15, -0.1) is 0 Å². The Hall–Kier alpha value is 2.26. The molecule has 0 aromatic heterocycles.